The van der Waals surface area contributed by atoms with Gasteiger partial charge in [0.05, 0.1) is 11.3 Å². The van der Waals surface area contributed by atoms with E-state index in [0.29, 0.717) is 6.08 Å². The smallest absolute Gasteiger partial charge is 0.257 e. The van der Waals surface area contributed by atoms with Gasteiger partial charge in [0.25, 0.3) is 0 Å². The third kappa shape index (κ3) is 4.77. The lowest BCUT2D eigenvalue weighted by molar-refractivity contribution is -0.137. The average Bonchev–Trinajstić information content (AvgIpc) is 2.36. The van der Waals surface area contributed by atoms with Gasteiger partial charge >= 0.3 is 12.4 Å². The number of hydrogen-bond acceptors (Lipinski definition) is 1. The van der Waals surface area contributed by atoms with Gasteiger partial charge in [-0.1, -0.05) is 18.7 Å². The fourth-order valence-electron chi connectivity index (χ4n) is 1.44. The summed E-state index contributed by atoms with van der Waals surface area (Å²) in [6.45, 7) is 4.06. The van der Waals surface area contributed by atoms with Crippen molar-refractivity contribution in [3.63, 3.8) is 0 Å². The zero-order chi connectivity index (χ0) is 16.3. The molecule has 0 saturated heterocycles. The number of allylic oxidation sites excluding steroid dienone is 2. The second-order valence-electron chi connectivity index (χ2n) is 4.10. The Morgan fingerprint density at radius 1 is 1.14 bits per heavy atom. The van der Waals surface area contributed by atoms with Gasteiger partial charge in [0.15, 0.2) is 0 Å². The van der Waals surface area contributed by atoms with Crippen molar-refractivity contribution in [2.24, 2.45) is 4.99 Å². The fourth-order valence-corrected chi connectivity index (χ4v) is 1.44. The normalized spacial score (nSPS) is 14.2. The minimum Gasteiger partial charge on any atom is -0.257 e. The van der Waals surface area contributed by atoms with Crippen molar-refractivity contribution >= 4 is 5.71 Å². The molecule has 0 spiro atoms. The Hall–Kier alpha value is -2.05. The summed E-state index contributed by atoms with van der Waals surface area (Å²) in [4.78, 5) is 3.61. The molecule has 0 aliphatic carbocycles. The van der Waals surface area contributed by atoms with E-state index in [1.807, 2.05) is 0 Å². The van der Waals surface area contributed by atoms with E-state index in [0.717, 1.165) is 31.3 Å². The maximum atomic E-state index is 12.6. The molecule has 0 atom stereocenters. The summed E-state index contributed by atoms with van der Waals surface area (Å²) < 4.78 is 75.4. The molecule has 0 heterocycles. The van der Waals surface area contributed by atoms with E-state index in [1.54, 1.807) is 0 Å². The SMILES string of the molecule is C=C/N=C(\C=C(/C)C(F)(F)F)c1cccc(C(F)(F)F)c1. The monoisotopic (exact) mass is 307 g/mol. The van der Waals surface area contributed by atoms with Crippen molar-refractivity contribution in [3.05, 3.63) is 59.8 Å². The van der Waals surface area contributed by atoms with Crippen LogP contribution in [0, 0.1) is 0 Å². The van der Waals surface area contributed by atoms with Crippen LogP contribution in [0.2, 0.25) is 0 Å². The van der Waals surface area contributed by atoms with Crippen LogP contribution in [0.1, 0.15) is 18.1 Å². The van der Waals surface area contributed by atoms with Crippen molar-refractivity contribution in [2.45, 2.75) is 19.3 Å². The van der Waals surface area contributed by atoms with Gasteiger partial charge in [-0.25, -0.2) is 0 Å². The molecule has 114 valence electrons. The molecule has 1 rings (SSSR count). The molecule has 0 unspecified atom stereocenters. The molecule has 0 aliphatic heterocycles. The molecule has 1 nitrogen and oxygen atoms in total. The molecular weight excluding hydrogens is 296 g/mol. The van der Waals surface area contributed by atoms with E-state index in [1.165, 1.54) is 6.07 Å². The zero-order valence-corrected chi connectivity index (χ0v) is 10.9. The second-order valence-corrected chi connectivity index (χ2v) is 4.10. The number of rotatable bonds is 3. The molecule has 0 aromatic heterocycles. The minimum atomic E-state index is -4.59. The summed E-state index contributed by atoms with van der Waals surface area (Å²) in [5.74, 6) is 0. The molecule has 0 fully saturated rings. The number of nitrogens with zero attached hydrogens (tertiary/aromatic N) is 1. The first-order valence-electron chi connectivity index (χ1n) is 5.67. The topological polar surface area (TPSA) is 12.4 Å². The predicted molar refractivity (Wildman–Crippen MR) is 68.0 cm³/mol. The summed E-state index contributed by atoms with van der Waals surface area (Å²) >= 11 is 0. The zero-order valence-electron chi connectivity index (χ0n) is 10.9. The van der Waals surface area contributed by atoms with Crippen molar-refractivity contribution in [2.75, 3.05) is 0 Å². The quantitative estimate of drug-likeness (QED) is 0.541. The van der Waals surface area contributed by atoms with Crippen molar-refractivity contribution in [1.82, 2.24) is 0 Å². The van der Waals surface area contributed by atoms with E-state index in [4.69, 9.17) is 0 Å². The number of alkyl halides is 6. The highest BCUT2D eigenvalue weighted by Gasteiger charge is 2.32. The van der Waals surface area contributed by atoms with Gasteiger partial charge in [-0.2, -0.15) is 26.3 Å². The lowest BCUT2D eigenvalue weighted by Gasteiger charge is -2.10. The number of benzene rings is 1. The number of halogens is 6. The van der Waals surface area contributed by atoms with Gasteiger partial charge in [-0.05, 0) is 25.1 Å². The third-order valence-electron chi connectivity index (χ3n) is 2.52. The van der Waals surface area contributed by atoms with E-state index >= 15 is 0 Å². The van der Waals surface area contributed by atoms with Crippen LogP contribution in [0.5, 0.6) is 0 Å². The van der Waals surface area contributed by atoms with Gasteiger partial charge in [0.2, 0.25) is 0 Å². The first kappa shape index (κ1) is 17.0. The van der Waals surface area contributed by atoms with E-state index < -0.39 is 23.5 Å². The number of hydrogen-bond donors (Lipinski definition) is 0. The summed E-state index contributed by atoms with van der Waals surface area (Å²) in [5, 5.41) is 0. The standard InChI is InChI=1S/C14H11F6N/c1-3-21-12(7-9(2)13(15,16)17)10-5-4-6-11(8-10)14(18,19)20/h3-8H,1H2,2H3/b9-7+,21-12+. The molecule has 1 aromatic carbocycles. The summed E-state index contributed by atoms with van der Waals surface area (Å²) in [5.41, 5.74) is -2.26. The van der Waals surface area contributed by atoms with E-state index in [2.05, 4.69) is 11.6 Å². The van der Waals surface area contributed by atoms with Crippen LogP contribution in [-0.4, -0.2) is 11.9 Å². The van der Waals surface area contributed by atoms with Crippen LogP contribution < -0.4 is 0 Å². The molecule has 0 radical (unpaired) electrons. The maximum absolute atomic E-state index is 12.6. The fraction of sp³-hybridized carbons (Fsp3) is 0.214. The Labute approximate surface area is 117 Å². The lowest BCUT2D eigenvalue weighted by atomic mass is 10.0. The highest BCUT2D eigenvalue weighted by atomic mass is 19.4. The van der Waals surface area contributed by atoms with Gasteiger partial charge in [0, 0.05) is 17.3 Å². The van der Waals surface area contributed by atoms with Crippen LogP contribution in [-0.2, 0) is 6.18 Å². The molecule has 1 aromatic rings. The van der Waals surface area contributed by atoms with E-state index in [9.17, 15) is 26.3 Å². The molecule has 0 N–H and O–H groups in total. The molecule has 0 amide bonds. The Kier molecular flexibility index (Phi) is 4.98. The minimum absolute atomic E-state index is 0.0756. The van der Waals surface area contributed by atoms with Crippen LogP contribution in [0.3, 0.4) is 0 Å². The van der Waals surface area contributed by atoms with Gasteiger partial charge in [-0.3, -0.25) is 4.99 Å². The summed E-state index contributed by atoms with van der Waals surface area (Å²) in [6.07, 6.45) is -7.52. The Balaban J connectivity index is 3.32. The molecule has 21 heavy (non-hydrogen) atoms. The summed E-state index contributed by atoms with van der Waals surface area (Å²) in [6, 6.07) is 3.92. The molecular formula is C14H11F6N. The lowest BCUT2D eigenvalue weighted by Crippen LogP contribution is -2.12. The average molecular weight is 307 g/mol. The van der Waals surface area contributed by atoms with Crippen LogP contribution in [0.15, 0.2) is 53.7 Å². The van der Waals surface area contributed by atoms with Crippen LogP contribution in [0.4, 0.5) is 26.3 Å². The van der Waals surface area contributed by atoms with Gasteiger partial charge < -0.3 is 0 Å². The molecule has 0 saturated carbocycles. The Bertz CT molecular complexity index is 578. The molecule has 0 bridgehead atoms. The van der Waals surface area contributed by atoms with Crippen molar-refractivity contribution < 1.29 is 26.3 Å². The maximum Gasteiger partial charge on any atom is 0.416 e. The first-order valence-corrected chi connectivity index (χ1v) is 5.67. The highest BCUT2D eigenvalue weighted by Crippen LogP contribution is 2.30. The summed E-state index contributed by atoms with van der Waals surface area (Å²) in [7, 11) is 0. The number of aliphatic imine (C=N–C) groups is 1. The van der Waals surface area contributed by atoms with Crippen molar-refractivity contribution in [3.8, 4) is 0 Å². The first-order chi connectivity index (χ1) is 9.55. The Morgan fingerprint density at radius 2 is 1.76 bits per heavy atom. The van der Waals surface area contributed by atoms with Gasteiger partial charge in [-0.15, -0.1) is 0 Å². The van der Waals surface area contributed by atoms with E-state index in [-0.39, 0.29) is 11.3 Å². The highest BCUT2D eigenvalue weighted by molar-refractivity contribution is 6.09. The van der Waals surface area contributed by atoms with Crippen LogP contribution >= 0.6 is 0 Å². The predicted octanol–water partition coefficient (Wildman–Crippen LogP) is 5.15. The molecule has 7 heteroatoms. The second kappa shape index (κ2) is 6.15. The largest absolute Gasteiger partial charge is 0.416 e. The van der Waals surface area contributed by atoms with Crippen molar-refractivity contribution in [1.29, 1.82) is 0 Å². The van der Waals surface area contributed by atoms with Gasteiger partial charge in [0.1, 0.15) is 0 Å². The molecule has 0 aliphatic rings. The third-order valence-corrected chi connectivity index (χ3v) is 2.52. The Morgan fingerprint density at radius 3 is 2.24 bits per heavy atom. The van der Waals surface area contributed by atoms with Crippen LogP contribution in [0.25, 0.3) is 0 Å².